The minimum atomic E-state index is -0.498. The van der Waals surface area contributed by atoms with E-state index in [1.807, 2.05) is 0 Å². The molecule has 0 bridgehead atoms. The quantitative estimate of drug-likeness (QED) is 0.873. The van der Waals surface area contributed by atoms with Crippen molar-refractivity contribution in [3.63, 3.8) is 0 Å². The van der Waals surface area contributed by atoms with Crippen molar-refractivity contribution in [2.75, 3.05) is 6.61 Å². The second-order valence-corrected chi connectivity index (χ2v) is 3.48. The Kier molecular flexibility index (Phi) is 3.90. The molecule has 0 fully saturated rings. The topological polar surface area (TPSA) is 64.4 Å². The average Bonchev–Trinajstić information content (AvgIpc) is 2.88. The molecular formula is C12H11FN2O3. The Balaban J connectivity index is 1.77. The Labute approximate surface area is 103 Å². The lowest BCUT2D eigenvalue weighted by Gasteiger charge is -2.06. The molecule has 0 aliphatic rings. The van der Waals surface area contributed by atoms with Gasteiger partial charge in [-0.2, -0.15) is 0 Å². The molecule has 0 spiro atoms. The van der Waals surface area contributed by atoms with Gasteiger partial charge in [-0.1, -0.05) is 12.1 Å². The summed E-state index contributed by atoms with van der Waals surface area (Å²) in [6, 6.07) is 5.90. The number of hydrogen-bond acceptors (Lipinski definition) is 4. The lowest BCUT2D eigenvalue weighted by molar-refractivity contribution is -0.123. The van der Waals surface area contributed by atoms with Gasteiger partial charge in [-0.15, -0.1) is 0 Å². The van der Waals surface area contributed by atoms with Gasteiger partial charge in [-0.25, -0.2) is 9.37 Å². The molecule has 94 valence electrons. The molecule has 18 heavy (non-hydrogen) atoms. The van der Waals surface area contributed by atoms with Gasteiger partial charge in [0.1, 0.15) is 6.26 Å². The molecule has 1 amide bonds. The Bertz CT molecular complexity index is 514. The molecule has 1 aromatic heterocycles. The molecule has 0 saturated heterocycles. The van der Waals surface area contributed by atoms with Crippen molar-refractivity contribution in [1.82, 2.24) is 10.3 Å². The van der Waals surface area contributed by atoms with Crippen LogP contribution in [-0.2, 0) is 11.3 Å². The SMILES string of the molecule is O=C(COc1ccccc1F)NCc1cocn1. The van der Waals surface area contributed by atoms with Crippen molar-refractivity contribution < 1.29 is 18.3 Å². The van der Waals surface area contributed by atoms with Gasteiger partial charge in [0.15, 0.2) is 24.6 Å². The van der Waals surface area contributed by atoms with E-state index in [1.54, 1.807) is 12.1 Å². The third-order valence-electron chi connectivity index (χ3n) is 2.15. The molecule has 0 atom stereocenters. The van der Waals surface area contributed by atoms with Crippen molar-refractivity contribution in [2.45, 2.75) is 6.54 Å². The van der Waals surface area contributed by atoms with Crippen molar-refractivity contribution in [1.29, 1.82) is 0 Å². The number of para-hydroxylation sites is 1. The van der Waals surface area contributed by atoms with E-state index < -0.39 is 5.82 Å². The van der Waals surface area contributed by atoms with E-state index in [4.69, 9.17) is 9.15 Å². The van der Waals surface area contributed by atoms with Crippen LogP contribution in [0.15, 0.2) is 41.3 Å². The molecule has 1 heterocycles. The molecule has 1 N–H and O–H groups in total. The highest BCUT2D eigenvalue weighted by atomic mass is 19.1. The number of rotatable bonds is 5. The van der Waals surface area contributed by atoms with Crippen LogP contribution in [0, 0.1) is 5.82 Å². The number of aromatic nitrogens is 1. The number of carbonyl (C=O) groups is 1. The van der Waals surface area contributed by atoms with Gasteiger partial charge in [0.2, 0.25) is 0 Å². The zero-order valence-electron chi connectivity index (χ0n) is 9.43. The Morgan fingerprint density at radius 2 is 2.28 bits per heavy atom. The van der Waals surface area contributed by atoms with Gasteiger partial charge in [0.05, 0.1) is 12.2 Å². The van der Waals surface area contributed by atoms with Gasteiger partial charge in [-0.3, -0.25) is 4.79 Å². The van der Waals surface area contributed by atoms with Crippen LogP contribution in [-0.4, -0.2) is 17.5 Å². The molecular weight excluding hydrogens is 239 g/mol. The lowest BCUT2D eigenvalue weighted by Crippen LogP contribution is -2.28. The van der Waals surface area contributed by atoms with Crippen molar-refractivity contribution in [3.8, 4) is 5.75 Å². The van der Waals surface area contributed by atoms with Crippen LogP contribution in [0.3, 0.4) is 0 Å². The maximum absolute atomic E-state index is 13.2. The third kappa shape index (κ3) is 3.31. The first-order chi connectivity index (χ1) is 8.75. The summed E-state index contributed by atoms with van der Waals surface area (Å²) in [5.41, 5.74) is 0.606. The van der Waals surface area contributed by atoms with E-state index in [0.29, 0.717) is 5.69 Å². The largest absolute Gasteiger partial charge is 0.481 e. The van der Waals surface area contributed by atoms with Gasteiger partial charge in [0.25, 0.3) is 5.91 Å². The number of oxazole rings is 1. The first-order valence-corrected chi connectivity index (χ1v) is 5.27. The number of carbonyl (C=O) groups excluding carboxylic acids is 1. The smallest absolute Gasteiger partial charge is 0.258 e. The highest BCUT2D eigenvalue weighted by Crippen LogP contribution is 2.14. The summed E-state index contributed by atoms with van der Waals surface area (Å²) in [5, 5.41) is 2.57. The summed E-state index contributed by atoms with van der Waals surface area (Å²) >= 11 is 0. The average molecular weight is 250 g/mol. The fraction of sp³-hybridized carbons (Fsp3) is 0.167. The number of hydrogen-bond donors (Lipinski definition) is 1. The third-order valence-corrected chi connectivity index (χ3v) is 2.15. The number of nitrogens with zero attached hydrogens (tertiary/aromatic N) is 1. The second kappa shape index (κ2) is 5.81. The van der Waals surface area contributed by atoms with Gasteiger partial charge in [-0.05, 0) is 12.1 Å². The highest BCUT2D eigenvalue weighted by molar-refractivity contribution is 5.77. The maximum atomic E-state index is 13.2. The van der Waals surface area contributed by atoms with Gasteiger partial charge < -0.3 is 14.5 Å². The standard InChI is InChI=1S/C12H11FN2O3/c13-10-3-1-2-4-11(10)18-7-12(16)14-5-9-6-17-8-15-9/h1-4,6,8H,5,7H2,(H,14,16). The predicted octanol–water partition coefficient (Wildman–Crippen LogP) is 1.51. The van der Waals surface area contributed by atoms with Crippen molar-refractivity contribution in [3.05, 3.63) is 48.4 Å². The first kappa shape index (κ1) is 12.1. The molecule has 0 aliphatic heterocycles. The number of benzene rings is 1. The number of amides is 1. The van der Waals surface area contributed by atoms with E-state index in [0.717, 1.165) is 0 Å². The van der Waals surface area contributed by atoms with Gasteiger partial charge in [0, 0.05) is 0 Å². The van der Waals surface area contributed by atoms with Crippen LogP contribution in [0.2, 0.25) is 0 Å². The summed E-state index contributed by atoms with van der Waals surface area (Å²) in [6.07, 6.45) is 2.70. The minimum Gasteiger partial charge on any atom is -0.481 e. The molecule has 6 heteroatoms. The summed E-state index contributed by atoms with van der Waals surface area (Å²) in [5.74, 6) is -0.808. The van der Waals surface area contributed by atoms with Crippen molar-refractivity contribution >= 4 is 5.91 Å². The molecule has 5 nitrogen and oxygen atoms in total. The number of nitrogens with one attached hydrogen (secondary N) is 1. The summed E-state index contributed by atoms with van der Waals surface area (Å²) < 4.78 is 23.0. The lowest BCUT2D eigenvalue weighted by atomic mass is 10.3. The minimum absolute atomic E-state index is 0.0501. The zero-order valence-corrected chi connectivity index (χ0v) is 9.43. The van der Waals surface area contributed by atoms with Crippen LogP contribution >= 0.6 is 0 Å². The van der Waals surface area contributed by atoms with Crippen LogP contribution < -0.4 is 10.1 Å². The predicted molar refractivity (Wildman–Crippen MR) is 60.2 cm³/mol. The molecule has 0 radical (unpaired) electrons. The van der Waals surface area contributed by atoms with E-state index >= 15 is 0 Å². The zero-order chi connectivity index (χ0) is 12.8. The Morgan fingerprint density at radius 1 is 1.44 bits per heavy atom. The van der Waals surface area contributed by atoms with Crippen LogP contribution in [0.4, 0.5) is 4.39 Å². The molecule has 2 aromatic rings. The fourth-order valence-electron chi connectivity index (χ4n) is 1.27. The summed E-state index contributed by atoms with van der Waals surface area (Å²) in [4.78, 5) is 15.2. The van der Waals surface area contributed by atoms with Crippen LogP contribution in [0.25, 0.3) is 0 Å². The van der Waals surface area contributed by atoms with E-state index in [1.165, 1.54) is 24.8 Å². The van der Waals surface area contributed by atoms with Crippen LogP contribution in [0.5, 0.6) is 5.75 Å². The Hall–Kier alpha value is -2.37. The maximum Gasteiger partial charge on any atom is 0.258 e. The molecule has 0 saturated carbocycles. The number of ether oxygens (including phenoxy) is 1. The molecule has 0 aliphatic carbocycles. The monoisotopic (exact) mass is 250 g/mol. The van der Waals surface area contributed by atoms with E-state index in [2.05, 4.69) is 10.3 Å². The second-order valence-electron chi connectivity index (χ2n) is 3.48. The normalized spacial score (nSPS) is 10.1. The van der Waals surface area contributed by atoms with E-state index in [-0.39, 0.29) is 24.8 Å². The van der Waals surface area contributed by atoms with Gasteiger partial charge >= 0.3 is 0 Å². The summed E-state index contributed by atoms with van der Waals surface area (Å²) in [6.45, 7) is -0.00521. The summed E-state index contributed by atoms with van der Waals surface area (Å²) in [7, 11) is 0. The molecule has 2 rings (SSSR count). The Morgan fingerprint density at radius 3 is 3.00 bits per heavy atom. The fourth-order valence-corrected chi connectivity index (χ4v) is 1.27. The number of halogens is 1. The van der Waals surface area contributed by atoms with Crippen LogP contribution in [0.1, 0.15) is 5.69 Å². The molecule has 1 aromatic carbocycles. The molecule has 0 unspecified atom stereocenters. The highest BCUT2D eigenvalue weighted by Gasteiger charge is 2.06. The van der Waals surface area contributed by atoms with Crippen molar-refractivity contribution in [2.24, 2.45) is 0 Å². The first-order valence-electron chi connectivity index (χ1n) is 5.27. The van der Waals surface area contributed by atoms with E-state index in [9.17, 15) is 9.18 Å².